The van der Waals surface area contributed by atoms with Gasteiger partial charge < -0.3 is 10.1 Å². The fourth-order valence-electron chi connectivity index (χ4n) is 3.49. The summed E-state index contributed by atoms with van der Waals surface area (Å²) in [4.78, 5) is 33.9. The zero-order chi connectivity index (χ0) is 24.5. The molecule has 0 radical (unpaired) electrons. The predicted octanol–water partition coefficient (Wildman–Crippen LogP) is 4.50. The Morgan fingerprint density at radius 3 is 2.56 bits per heavy atom. The molecule has 1 saturated heterocycles. The second-order valence-corrected chi connectivity index (χ2v) is 8.13. The van der Waals surface area contributed by atoms with Crippen molar-refractivity contribution in [3.63, 3.8) is 0 Å². The maximum absolute atomic E-state index is 12.9. The monoisotopic (exact) mass is 473 g/mol. The summed E-state index contributed by atoms with van der Waals surface area (Å²) in [5.74, 6) is 0.579. The van der Waals surface area contributed by atoms with E-state index in [-0.39, 0.29) is 36.5 Å². The molecule has 0 saturated carbocycles. The molecule has 1 N–H and O–H groups in total. The van der Waals surface area contributed by atoms with Crippen LogP contribution >= 0.6 is 0 Å². The lowest BCUT2D eigenvalue weighted by atomic mass is 10.1. The number of aromatic nitrogens is 5. The fourth-order valence-corrected chi connectivity index (χ4v) is 3.49. The van der Waals surface area contributed by atoms with E-state index in [1.54, 1.807) is 12.1 Å². The highest BCUT2D eigenvalue weighted by molar-refractivity contribution is 5.88. The molecule has 9 nitrogen and oxygen atoms in total. The first-order valence-corrected chi connectivity index (χ1v) is 10.5. The Bertz CT molecular complexity index is 1170. The lowest BCUT2D eigenvalue weighted by molar-refractivity contribution is -0.141. The van der Waals surface area contributed by atoms with Crippen molar-refractivity contribution >= 4 is 18.0 Å². The molecule has 4 heterocycles. The van der Waals surface area contributed by atoms with Crippen LogP contribution in [0.2, 0.25) is 0 Å². The third kappa shape index (κ3) is 4.90. The van der Waals surface area contributed by atoms with Crippen molar-refractivity contribution in [1.82, 2.24) is 24.9 Å². The summed E-state index contributed by atoms with van der Waals surface area (Å²) in [6.07, 6.45) is -1.11. The average molecular weight is 473 g/mol. The molecule has 12 heteroatoms. The Labute approximate surface area is 193 Å². The van der Waals surface area contributed by atoms with Gasteiger partial charge in [-0.3, -0.25) is 9.97 Å². The van der Waals surface area contributed by atoms with Crippen LogP contribution in [0.5, 0.6) is 0 Å². The molecule has 2 atom stereocenters. The molecule has 178 valence electrons. The van der Waals surface area contributed by atoms with Crippen LogP contribution < -0.4 is 10.2 Å². The second kappa shape index (κ2) is 9.20. The Morgan fingerprint density at radius 2 is 1.88 bits per heavy atom. The molecule has 1 aliphatic heterocycles. The van der Waals surface area contributed by atoms with Gasteiger partial charge in [0, 0.05) is 18.0 Å². The largest absolute Gasteiger partial charge is 0.447 e. The molecule has 0 aromatic carbocycles. The van der Waals surface area contributed by atoms with Crippen LogP contribution in [0.25, 0.3) is 11.1 Å². The van der Waals surface area contributed by atoms with E-state index < -0.39 is 18.0 Å². The number of pyridine rings is 2. The van der Waals surface area contributed by atoms with E-state index in [0.717, 1.165) is 12.3 Å². The highest BCUT2D eigenvalue weighted by atomic mass is 19.4. The summed E-state index contributed by atoms with van der Waals surface area (Å²) in [5.41, 5.74) is 0.549. The van der Waals surface area contributed by atoms with Crippen molar-refractivity contribution in [3.05, 3.63) is 54.4 Å². The molecular weight excluding hydrogens is 451 g/mol. The molecule has 3 aromatic rings. The van der Waals surface area contributed by atoms with Gasteiger partial charge in [0.2, 0.25) is 11.9 Å². The quantitative estimate of drug-likeness (QED) is 0.558. The van der Waals surface area contributed by atoms with E-state index in [4.69, 9.17) is 4.74 Å². The molecule has 1 amide bonds. The summed E-state index contributed by atoms with van der Waals surface area (Å²) >= 11 is 0. The maximum atomic E-state index is 12.9. The van der Waals surface area contributed by atoms with Gasteiger partial charge in [-0.25, -0.2) is 19.7 Å². The molecule has 1 unspecified atom stereocenters. The van der Waals surface area contributed by atoms with Crippen molar-refractivity contribution in [2.75, 3.05) is 16.8 Å². The lowest BCUT2D eigenvalue weighted by Crippen LogP contribution is -2.38. The third-order valence-electron chi connectivity index (χ3n) is 5.41. The number of carbonyl (C=O) groups is 1. The minimum absolute atomic E-state index is 0.147. The SMILES string of the molecule is CC(Nc1ncnc(N2C(=O)OC[C@@H]2C(C)C)n1)c1ccc(-c2ccnc(C(F)(F)F)c2)cn1. The third-order valence-corrected chi connectivity index (χ3v) is 5.41. The molecule has 1 aliphatic rings. The molecule has 3 aromatic heterocycles. The minimum Gasteiger partial charge on any atom is -0.447 e. The van der Waals surface area contributed by atoms with E-state index in [9.17, 15) is 18.0 Å². The number of ether oxygens (including phenoxy) is 1. The summed E-state index contributed by atoms with van der Waals surface area (Å²) < 4.78 is 44.0. The molecule has 34 heavy (non-hydrogen) atoms. The zero-order valence-corrected chi connectivity index (χ0v) is 18.6. The number of nitrogens with one attached hydrogen (secondary N) is 1. The van der Waals surface area contributed by atoms with Crippen molar-refractivity contribution in [3.8, 4) is 11.1 Å². The van der Waals surface area contributed by atoms with E-state index in [2.05, 4.69) is 30.2 Å². The van der Waals surface area contributed by atoms with Gasteiger partial charge in [-0.2, -0.15) is 18.2 Å². The second-order valence-electron chi connectivity index (χ2n) is 8.13. The van der Waals surface area contributed by atoms with Crippen LogP contribution in [0.15, 0.2) is 43.0 Å². The van der Waals surface area contributed by atoms with Gasteiger partial charge in [-0.15, -0.1) is 0 Å². The van der Waals surface area contributed by atoms with Crippen LogP contribution in [0.4, 0.5) is 29.9 Å². The highest BCUT2D eigenvalue weighted by Crippen LogP contribution is 2.31. The van der Waals surface area contributed by atoms with Gasteiger partial charge >= 0.3 is 12.3 Å². The van der Waals surface area contributed by atoms with Gasteiger partial charge in [0.15, 0.2) is 0 Å². The first-order chi connectivity index (χ1) is 16.1. The molecule has 4 rings (SSSR count). The summed E-state index contributed by atoms with van der Waals surface area (Å²) in [5, 5.41) is 3.11. The molecule has 1 fully saturated rings. The zero-order valence-electron chi connectivity index (χ0n) is 18.6. The van der Waals surface area contributed by atoms with Crippen molar-refractivity contribution < 1.29 is 22.7 Å². The Hall–Kier alpha value is -3.83. The number of anilines is 2. The number of halogens is 3. The van der Waals surface area contributed by atoms with Gasteiger partial charge in [0.25, 0.3) is 0 Å². The predicted molar refractivity (Wildman–Crippen MR) is 117 cm³/mol. The standard InChI is InChI=1S/C22H22F3N7O2/c1-12(2)17-10-34-21(33)32(17)20-29-11-28-19(31-20)30-13(3)16-5-4-15(9-27-16)14-6-7-26-18(8-14)22(23,24)25/h4-9,11-13,17H,10H2,1-3H3,(H,28,29,30,31)/t13?,17-/m1/s1. The van der Waals surface area contributed by atoms with E-state index in [0.29, 0.717) is 16.8 Å². The van der Waals surface area contributed by atoms with E-state index in [1.165, 1.54) is 23.5 Å². The number of carbonyl (C=O) groups excluding carboxylic acids is 1. The summed E-state index contributed by atoms with van der Waals surface area (Å²) in [6, 6.07) is 5.35. The Balaban J connectivity index is 1.49. The van der Waals surface area contributed by atoms with Crippen molar-refractivity contribution in [2.45, 2.75) is 39.0 Å². The van der Waals surface area contributed by atoms with Crippen LogP contribution in [0.3, 0.4) is 0 Å². The number of nitrogens with zero attached hydrogens (tertiary/aromatic N) is 6. The number of amides is 1. The van der Waals surface area contributed by atoms with Gasteiger partial charge in [0.05, 0.1) is 17.8 Å². The van der Waals surface area contributed by atoms with Crippen LogP contribution in [-0.2, 0) is 10.9 Å². The number of hydrogen-bond acceptors (Lipinski definition) is 8. The number of cyclic esters (lactones) is 1. The first-order valence-electron chi connectivity index (χ1n) is 10.5. The highest BCUT2D eigenvalue weighted by Gasteiger charge is 2.38. The van der Waals surface area contributed by atoms with Gasteiger partial charge in [0.1, 0.15) is 18.6 Å². The smallest absolute Gasteiger partial charge is 0.433 e. The van der Waals surface area contributed by atoms with Crippen LogP contribution in [0, 0.1) is 5.92 Å². The van der Waals surface area contributed by atoms with E-state index in [1.807, 2.05) is 20.8 Å². The summed E-state index contributed by atoms with van der Waals surface area (Å²) in [7, 11) is 0. The number of rotatable bonds is 6. The van der Waals surface area contributed by atoms with Crippen LogP contribution in [0.1, 0.15) is 38.2 Å². The normalized spacial score (nSPS) is 17.1. The topological polar surface area (TPSA) is 106 Å². The van der Waals surface area contributed by atoms with E-state index >= 15 is 0 Å². The average Bonchev–Trinajstić information content (AvgIpc) is 3.20. The lowest BCUT2D eigenvalue weighted by Gasteiger charge is -2.22. The maximum Gasteiger partial charge on any atom is 0.433 e. The first kappa shape index (κ1) is 23.3. The van der Waals surface area contributed by atoms with Crippen LogP contribution in [-0.4, -0.2) is 43.7 Å². The summed E-state index contributed by atoms with van der Waals surface area (Å²) in [6.45, 7) is 6.06. The van der Waals surface area contributed by atoms with Gasteiger partial charge in [-0.05, 0) is 36.6 Å². The molecule has 0 bridgehead atoms. The number of alkyl halides is 3. The fraction of sp³-hybridized carbons (Fsp3) is 0.364. The number of hydrogen-bond donors (Lipinski definition) is 1. The molecular formula is C22H22F3N7O2. The Morgan fingerprint density at radius 1 is 1.09 bits per heavy atom. The Kier molecular flexibility index (Phi) is 6.31. The van der Waals surface area contributed by atoms with Gasteiger partial charge in [-0.1, -0.05) is 19.9 Å². The van der Waals surface area contributed by atoms with Crippen molar-refractivity contribution in [1.29, 1.82) is 0 Å². The molecule has 0 spiro atoms. The minimum atomic E-state index is -4.52. The molecule has 0 aliphatic carbocycles. The van der Waals surface area contributed by atoms with Crippen molar-refractivity contribution in [2.24, 2.45) is 5.92 Å².